The predicted octanol–water partition coefficient (Wildman–Crippen LogP) is 2.44. The lowest BCUT2D eigenvalue weighted by Gasteiger charge is -2.16. The van der Waals surface area contributed by atoms with Gasteiger partial charge in [0.1, 0.15) is 0 Å². The van der Waals surface area contributed by atoms with Gasteiger partial charge in [-0.3, -0.25) is 5.43 Å². The summed E-state index contributed by atoms with van der Waals surface area (Å²) in [4.78, 5) is 8.79. The van der Waals surface area contributed by atoms with Crippen LogP contribution in [-0.2, 0) is 13.1 Å². The molecule has 0 fully saturated rings. The molecule has 0 aliphatic carbocycles. The second kappa shape index (κ2) is 4.38. The van der Waals surface area contributed by atoms with Crippen LogP contribution in [0.3, 0.4) is 0 Å². The first-order chi connectivity index (χ1) is 8.70. The Morgan fingerprint density at radius 1 is 1.00 bits per heavy atom. The van der Waals surface area contributed by atoms with Crippen molar-refractivity contribution in [2.75, 3.05) is 5.43 Å². The highest BCUT2D eigenvalue weighted by atomic mass is 15.5. The maximum absolute atomic E-state index is 4.40. The van der Waals surface area contributed by atoms with Crippen molar-refractivity contribution in [1.29, 1.82) is 0 Å². The fourth-order valence-electron chi connectivity index (χ4n) is 2.33. The van der Waals surface area contributed by atoms with Crippen molar-refractivity contribution in [1.82, 2.24) is 15.0 Å². The molecule has 2 aromatic rings. The second-order valence-corrected chi connectivity index (χ2v) is 4.71. The Morgan fingerprint density at radius 3 is 2.11 bits per heavy atom. The van der Waals surface area contributed by atoms with E-state index in [1.54, 1.807) is 0 Å². The SMILES string of the molecule is Cc1cc(C)nc(NN2Cc3ccccc3C2)n1. The zero-order chi connectivity index (χ0) is 12.5. The van der Waals surface area contributed by atoms with Crippen molar-refractivity contribution in [2.45, 2.75) is 26.9 Å². The Labute approximate surface area is 107 Å². The first kappa shape index (κ1) is 11.2. The van der Waals surface area contributed by atoms with Crippen LogP contribution in [0.5, 0.6) is 0 Å². The molecule has 2 heterocycles. The van der Waals surface area contributed by atoms with E-state index in [1.807, 2.05) is 19.9 Å². The highest BCUT2D eigenvalue weighted by molar-refractivity contribution is 5.33. The lowest BCUT2D eigenvalue weighted by atomic mass is 10.1. The zero-order valence-electron chi connectivity index (χ0n) is 10.6. The van der Waals surface area contributed by atoms with Gasteiger partial charge < -0.3 is 0 Å². The first-order valence-electron chi connectivity index (χ1n) is 6.11. The monoisotopic (exact) mass is 240 g/mol. The van der Waals surface area contributed by atoms with E-state index in [0.29, 0.717) is 5.95 Å². The average molecular weight is 240 g/mol. The number of hydrazine groups is 1. The Bertz CT molecular complexity index is 535. The molecular formula is C14H16N4. The van der Waals surface area contributed by atoms with Crippen LogP contribution in [-0.4, -0.2) is 15.0 Å². The molecule has 0 unspecified atom stereocenters. The molecule has 4 heteroatoms. The van der Waals surface area contributed by atoms with Gasteiger partial charge in [0.2, 0.25) is 5.95 Å². The third-order valence-electron chi connectivity index (χ3n) is 3.08. The summed E-state index contributed by atoms with van der Waals surface area (Å²) in [7, 11) is 0. The van der Waals surface area contributed by atoms with Crippen molar-refractivity contribution in [3.05, 3.63) is 52.8 Å². The van der Waals surface area contributed by atoms with E-state index >= 15 is 0 Å². The van der Waals surface area contributed by atoms with Crippen molar-refractivity contribution in [3.8, 4) is 0 Å². The normalized spacial score (nSPS) is 14.6. The molecule has 0 spiro atoms. The van der Waals surface area contributed by atoms with Gasteiger partial charge >= 0.3 is 0 Å². The quantitative estimate of drug-likeness (QED) is 0.875. The highest BCUT2D eigenvalue weighted by Crippen LogP contribution is 2.22. The Morgan fingerprint density at radius 2 is 1.56 bits per heavy atom. The number of rotatable bonds is 2. The average Bonchev–Trinajstić information content (AvgIpc) is 2.69. The molecule has 0 bridgehead atoms. The molecule has 1 N–H and O–H groups in total. The van der Waals surface area contributed by atoms with Gasteiger partial charge in [0.15, 0.2) is 0 Å². The van der Waals surface area contributed by atoms with Gasteiger partial charge in [-0.2, -0.15) is 0 Å². The summed E-state index contributed by atoms with van der Waals surface area (Å²) in [6.07, 6.45) is 0. The van der Waals surface area contributed by atoms with E-state index in [0.717, 1.165) is 24.5 Å². The number of nitrogens with one attached hydrogen (secondary N) is 1. The van der Waals surface area contributed by atoms with Gasteiger partial charge in [-0.05, 0) is 31.0 Å². The molecule has 0 atom stereocenters. The number of hydrogen-bond acceptors (Lipinski definition) is 4. The molecule has 0 amide bonds. The molecule has 1 aromatic carbocycles. The van der Waals surface area contributed by atoms with E-state index in [9.17, 15) is 0 Å². The smallest absolute Gasteiger partial charge is 0.237 e. The molecule has 1 aliphatic rings. The van der Waals surface area contributed by atoms with Gasteiger partial charge in [-0.25, -0.2) is 15.0 Å². The van der Waals surface area contributed by atoms with Crippen molar-refractivity contribution in [3.63, 3.8) is 0 Å². The van der Waals surface area contributed by atoms with Crippen LogP contribution >= 0.6 is 0 Å². The molecule has 3 rings (SSSR count). The number of fused-ring (bicyclic) bond motifs is 1. The first-order valence-corrected chi connectivity index (χ1v) is 6.11. The number of aromatic nitrogens is 2. The summed E-state index contributed by atoms with van der Waals surface area (Å²) in [5.41, 5.74) is 8.00. The minimum Gasteiger partial charge on any atom is -0.286 e. The molecule has 4 nitrogen and oxygen atoms in total. The standard InChI is InChI=1S/C14H16N4/c1-10-7-11(2)16-14(15-10)17-18-8-12-5-3-4-6-13(12)9-18/h3-7H,8-9H2,1-2H3,(H,15,16,17). The summed E-state index contributed by atoms with van der Waals surface area (Å²) < 4.78 is 0. The third-order valence-corrected chi connectivity index (χ3v) is 3.08. The van der Waals surface area contributed by atoms with E-state index in [4.69, 9.17) is 0 Å². The van der Waals surface area contributed by atoms with Crippen LogP contribution in [0.25, 0.3) is 0 Å². The Kier molecular flexibility index (Phi) is 2.72. The van der Waals surface area contributed by atoms with Gasteiger partial charge in [0, 0.05) is 24.5 Å². The Hall–Kier alpha value is -1.94. The summed E-state index contributed by atoms with van der Waals surface area (Å²) in [6.45, 7) is 5.76. The topological polar surface area (TPSA) is 41.1 Å². The summed E-state index contributed by atoms with van der Waals surface area (Å²) in [5, 5.41) is 2.14. The van der Waals surface area contributed by atoms with Crippen LogP contribution in [0.15, 0.2) is 30.3 Å². The van der Waals surface area contributed by atoms with Crippen molar-refractivity contribution < 1.29 is 0 Å². The van der Waals surface area contributed by atoms with E-state index in [-0.39, 0.29) is 0 Å². The molecular weight excluding hydrogens is 224 g/mol. The molecule has 0 radical (unpaired) electrons. The molecule has 1 aliphatic heterocycles. The molecule has 18 heavy (non-hydrogen) atoms. The molecule has 92 valence electrons. The maximum atomic E-state index is 4.40. The van der Waals surface area contributed by atoms with Crippen molar-refractivity contribution in [2.24, 2.45) is 0 Å². The van der Waals surface area contributed by atoms with E-state index in [2.05, 4.69) is 44.7 Å². The minimum atomic E-state index is 0.681. The number of benzene rings is 1. The lowest BCUT2D eigenvalue weighted by Crippen LogP contribution is -2.25. The van der Waals surface area contributed by atoms with Gasteiger partial charge in [-0.15, -0.1) is 0 Å². The molecule has 1 aromatic heterocycles. The number of nitrogens with zero attached hydrogens (tertiary/aromatic N) is 3. The van der Waals surface area contributed by atoms with E-state index < -0.39 is 0 Å². The van der Waals surface area contributed by atoms with E-state index in [1.165, 1.54) is 11.1 Å². The Balaban J connectivity index is 1.76. The number of hydrogen-bond donors (Lipinski definition) is 1. The molecule has 0 saturated heterocycles. The number of aryl methyl sites for hydroxylation is 2. The highest BCUT2D eigenvalue weighted by Gasteiger charge is 2.18. The van der Waals surface area contributed by atoms with Crippen molar-refractivity contribution >= 4 is 5.95 Å². The lowest BCUT2D eigenvalue weighted by molar-refractivity contribution is 0.343. The van der Waals surface area contributed by atoms with Gasteiger partial charge in [0.25, 0.3) is 0 Å². The predicted molar refractivity (Wildman–Crippen MR) is 70.8 cm³/mol. The van der Waals surface area contributed by atoms with Crippen LogP contribution in [0.2, 0.25) is 0 Å². The minimum absolute atomic E-state index is 0.681. The summed E-state index contributed by atoms with van der Waals surface area (Å²) in [5.74, 6) is 0.681. The fraction of sp³-hybridized carbons (Fsp3) is 0.286. The third kappa shape index (κ3) is 2.19. The largest absolute Gasteiger partial charge is 0.286 e. The second-order valence-electron chi connectivity index (χ2n) is 4.71. The van der Waals surface area contributed by atoms with Crippen LogP contribution in [0.4, 0.5) is 5.95 Å². The van der Waals surface area contributed by atoms with Crippen LogP contribution < -0.4 is 5.43 Å². The van der Waals surface area contributed by atoms with Gasteiger partial charge in [-0.1, -0.05) is 24.3 Å². The van der Waals surface area contributed by atoms with Crippen LogP contribution in [0.1, 0.15) is 22.5 Å². The fourth-order valence-corrected chi connectivity index (χ4v) is 2.33. The van der Waals surface area contributed by atoms with Crippen LogP contribution in [0, 0.1) is 13.8 Å². The number of anilines is 1. The molecule has 0 saturated carbocycles. The zero-order valence-corrected chi connectivity index (χ0v) is 10.6. The van der Waals surface area contributed by atoms with Gasteiger partial charge in [0.05, 0.1) is 0 Å². The maximum Gasteiger partial charge on any atom is 0.237 e. The summed E-state index contributed by atoms with van der Waals surface area (Å²) >= 11 is 0. The summed E-state index contributed by atoms with van der Waals surface area (Å²) in [6, 6.07) is 10.5.